The molecule has 21 heavy (non-hydrogen) atoms. The molecule has 0 saturated heterocycles. The van der Waals surface area contributed by atoms with Crippen molar-refractivity contribution in [3.63, 3.8) is 0 Å². The molecule has 5 nitrogen and oxygen atoms in total. The molecule has 2 heterocycles. The number of carbonyl (C=O) groups is 1. The maximum absolute atomic E-state index is 9.00. The number of hydrogen-bond donors (Lipinski definition) is 1. The maximum Gasteiger partial charge on any atom is 0.300 e. The molecule has 3 rings (SSSR count). The standard InChI is InChI=1S/C13H12N3.C2H4O2.Pd/c1-2-6-13-12(5-1)14-11-16(13)10-9-15-7-3-4-8-15;1-2(3)4;/h1-8H,9-10H2;1H3,(H,3,4);/q-1;;. The molecule has 2 aromatic heterocycles. The number of nitrogens with zero attached hydrogens (tertiary/aromatic N) is 3. The van der Waals surface area contributed by atoms with Gasteiger partial charge in [-0.05, 0) is 12.1 Å². The molecular weight excluding hydrogens is 361 g/mol. The molecule has 0 atom stereocenters. The first-order chi connectivity index (χ1) is 9.66. The van der Waals surface area contributed by atoms with Crippen molar-refractivity contribution in [2.75, 3.05) is 0 Å². The fourth-order valence-electron chi connectivity index (χ4n) is 1.86. The minimum atomic E-state index is -0.833. The number of rotatable bonds is 3. The molecular formula is C15H16N3O2Pd-. The Labute approximate surface area is 136 Å². The Balaban J connectivity index is 0.000000397. The van der Waals surface area contributed by atoms with Gasteiger partial charge in [0.05, 0.1) is 0 Å². The van der Waals surface area contributed by atoms with Gasteiger partial charge in [-0.15, -0.1) is 12.1 Å². The summed E-state index contributed by atoms with van der Waals surface area (Å²) in [6.45, 7) is 2.93. The molecule has 0 unspecified atom stereocenters. The van der Waals surface area contributed by atoms with E-state index in [-0.39, 0.29) is 20.4 Å². The molecule has 3 aromatic rings. The zero-order valence-corrected chi connectivity index (χ0v) is 13.1. The Hall–Kier alpha value is -1.90. The van der Waals surface area contributed by atoms with E-state index in [0.717, 1.165) is 31.0 Å². The Bertz CT molecular complexity index is 673. The summed E-state index contributed by atoms with van der Waals surface area (Å²) in [7, 11) is 0. The van der Waals surface area contributed by atoms with Crippen molar-refractivity contribution in [1.29, 1.82) is 0 Å². The summed E-state index contributed by atoms with van der Waals surface area (Å²) in [6.07, 6.45) is 7.17. The summed E-state index contributed by atoms with van der Waals surface area (Å²) in [5.74, 6) is -0.833. The van der Waals surface area contributed by atoms with Crippen LogP contribution in [0.4, 0.5) is 0 Å². The zero-order valence-electron chi connectivity index (χ0n) is 11.5. The number of imidazole rings is 1. The summed E-state index contributed by atoms with van der Waals surface area (Å²) in [4.78, 5) is 13.2. The van der Waals surface area contributed by atoms with Crippen molar-refractivity contribution >= 4 is 17.0 Å². The summed E-state index contributed by atoms with van der Waals surface area (Å²) in [5, 5.41) is 7.42. The molecule has 1 aromatic carbocycles. The van der Waals surface area contributed by atoms with Crippen LogP contribution in [0.25, 0.3) is 11.0 Å². The van der Waals surface area contributed by atoms with Crippen LogP contribution in [0, 0.1) is 6.33 Å². The first kappa shape index (κ1) is 17.2. The molecule has 0 fully saturated rings. The quantitative estimate of drug-likeness (QED) is 0.564. The number of aliphatic carboxylic acids is 1. The first-order valence-corrected chi connectivity index (χ1v) is 6.30. The van der Waals surface area contributed by atoms with E-state index in [0.29, 0.717) is 0 Å². The molecule has 0 amide bonds. The summed E-state index contributed by atoms with van der Waals surface area (Å²) in [5.41, 5.74) is 2.16. The van der Waals surface area contributed by atoms with Crippen molar-refractivity contribution in [2.45, 2.75) is 20.0 Å². The van der Waals surface area contributed by atoms with Gasteiger partial charge in [0.15, 0.2) is 0 Å². The van der Waals surface area contributed by atoms with Crippen molar-refractivity contribution in [3.05, 3.63) is 55.1 Å². The Morgan fingerprint density at radius 2 is 1.81 bits per heavy atom. The van der Waals surface area contributed by atoms with E-state index in [9.17, 15) is 0 Å². The summed E-state index contributed by atoms with van der Waals surface area (Å²) in [6, 6.07) is 12.2. The number of fused-ring (bicyclic) bond motifs is 1. The molecule has 0 aliphatic rings. The number of para-hydroxylation sites is 2. The number of aromatic nitrogens is 3. The van der Waals surface area contributed by atoms with Crippen LogP contribution in [0.2, 0.25) is 0 Å². The number of carboxylic acid groups (broad SMARTS) is 1. The van der Waals surface area contributed by atoms with Gasteiger partial charge in [-0.25, -0.2) is 0 Å². The second-order valence-corrected chi connectivity index (χ2v) is 4.29. The van der Waals surface area contributed by atoms with Crippen molar-refractivity contribution < 1.29 is 30.3 Å². The van der Waals surface area contributed by atoms with Gasteiger partial charge >= 0.3 is 0 Å². The van der Waals surface area contributed by atoms with Crippen LogP contribution in [-0.2, 0) is 38.3 Å². The Morgan fingerprint density at radius 1 is 1.19 bits per heavy atom. The van der Waals surface area contributed by atoms with Crippen LogP contribution < -0.4 is 0 Å². The van der Waals surface area contributed by atoms with Gasteiger partial charge in [0.1, 0.15) is 0 Å². The van der Waals surface area contributed by atoms with Crippen molar-refractivity contribution in [2.24, 2.45) is 0 Å². The Morgan fingerprint density at radius 3 is 2.48 bits per heavy atom. The zero-order chi connectivity index (χ0) is 14.4. The minimum Gasteiger partial charge on any atom is -0.481 e. The molecule has 0 bridgehead atoms. The predicted octanol–water partition coefficient (Wildman–Crippen LogP) is 2.43. The van der Waals surface area contributed by atoms with Gasteiger partial charge < -0.3 is 19.2 Å². The van der Waals surface area contributed by atoms with Crippen LogP contribution in [0.3, 0.4) is 0 Å². The maximum atomic E-state index is 9.00. The normalized spacial score (nSPS) is 9.57. The van der Waals surface area contributed by atoms with Gasteiger partial charge in [0.2, 0.25) is 0 Å². The van der Waals surface area contributed by atoms with E-state index in [1.165, 1.54) is 0 Å². The Kier molecular flexibility index (Phi) is 6.86. The SMILES string of the molecule is CC(=O)O.[Pd].[c-]1nc2ccccc2n1CCn1cccc1. The third-order valence-corrected chi connectivity index (χ3v) is 2.71. The second kappa shape index (κ2) is 8.40. The molecule has 0 radical (unpaired) electrons. The van der Waals surface area contributed by atoms with E-state index in [1.54, 1.807) is 0 Å². The number of hydrogen-bond acceptors (Lipinski definition) is 2. The fourth-order valence-corrected chi connectivity index (χ4v) is 1.86. The first-order valence-electron chi connectivity index (χ1n) is 6.30. The average Bonchev–Trinajstić information content (AvgIpc) is 3.05. The average molecular weight is 377 g/mol. The topological polar surface area (TPSA) is 60.0 Å². The summed E-state index contributed by atoms with van der Waals surface area (Å²) >= 11 is 0. The number of benzene rings is 1. The van der Waals surface area contributed by atoms with Gasteiger partial charge in [-0.1, -0.05) is 23.2 Å². The van der Waals surface area contributed by atoms with Gasteiger partial charge in [0, 0.05) is 59.2 Å². The van der Waals surface area contributed by atoms with E-state index < -0.39 is 5.97 Å². The van der Waals surface area contributed by atoms with Gasteiger partial charge in [-0.3, -0.25) is 4.79 Å². The molecule has 6 heteroatoms. The fraction of sp³-hybridized carbons (Fsp3) is 0.200. The van der Waals surface area contributed by atoms with E-state index in [4.69, 9.17) is 9.90 Å². The minimum absolute atomic E-state index is 0. The van der Waals surface area contributed by atoms with E-state index >= 15 is 0 Å². The van der Waals surface area contributed by atoms with Crippen LogP contribution in [0.5, 0.6) is 0 Å². The smallest absolute Gasteiger partial charge is 0.300 e. The predicted molar refractivity (Wildman–Crippen MR) is 76.3 cm³/mol. The van der Waals surface area contributed by atoms with E-state index in [2.05, 4.69) is 38.9 Å². The van der Waals surface area contributed by atoms with Crippen LogP contribution in [-0.4, -0.2) is 25.2 Å². The molecule has 0 spiro atoms. The van der Waals surface area contributed by atoms with Gasteiger partial charge in [0.25, 0.3) is 5.97 Å². The third kappa shape index (κ3) is 5.18. The van der Waals surface area contributed by atoms with Gasteiger partial charge in [-0.2, -0.15) is 0 Å². The molecule has 0 aliphatic heterocycles. The van der Waals surface area contributed by atoms with E-state index in [1.807, 2.05) is 30.3 Å². The number of carboxylic acids is 1. The molecule has 0 saturated carbocycles. The second-order valence-electron chi connectivity index (χ2n) is 4.29. The largest absolute Gasteiger partial charge is 0.481 e. The summed E-state index contributed by atoms with van der Waals surface area (Å²) < 4.78 is 4.22. The molecule has 114 valence electrons. The number of aryl methyl sites for hydroxylation is 2. The van der Waals surface area contributed by atoms with Crippen LogP contribution in [0.1, 0.15) is 6.92 Å². The monoisotopic (exact) mass is 376 g/mol. The van der Waals surface area contributed by atoms with Crippen LogP contribution in [0.15, 0.2) is 48.8 Å². The molecule has 1 N–H and O–H groups in total. The van der Waals surface area contributed by atoms with Crippen LogP contribution >= 0.6 is 0 Å². The van der Waals surface area contributed by atoms with Crippen molar-refractivity contribution in [3.8, 4) is 0 Å². The van der Waals surface area contributed by atoms with Crippen molar-refractivity contribution in [1.82, 2.24) is 14.1 Å². The third-order valence-electron chi connectivity index (χ3n) is 2.71. The molecule has 0 aliphatic carbocycles.